The smallest absolute Gasteiger partial charge is 0.161 e. The molecule has 1 aromatic carbocycles. The van der Waals surface area contributed by atoms with E-state index in [2.05, 4.69) is 43.4 Å². The number of nitrogens with one attached hydrogen (secondary N) is 1. The van der Waals surface area contributed by atoms with Gasteiger partial charge in [-0.15, -0.1) is 0 Å². The number of nitrogens with zero attached hydrogens (tertiary/aromatic N) is 1. The van der Waals surface area contributed by atoms with Crippen LogP contribution in [0.3, 0.4) is 0 Å². The lowest BCUT2D eigenvalue weighted by Gasteiger charge is -2.24. The van der Waals surface area contributed by atoms with E-state index in [1.165, 1.54) is 5.56 Å². The third-order valence-corrected chi connectivity index (χ3v) is 3.16. The second-order valence-electron chi connectivity index (χ2n) is 5.34. The lowest BCUT2D eigenvalue weighted by molar-refractivity contribution is 0.286. The quantitative estimate of drug-likeness (QED) is 0.719. The fourth-order valence-corrected chi connectivity index (χ4v) is 2.26. The lowest BCUT2D eigenvalue weighted by Crippen LogP contribution is -2.31. The van der Waals surface area contributed by atoms with Crippen molar-refractivity contribution in [3.05, 3.63) is 23.8 Å². The molecule has 120 valence electrons. The van der Waals surface area contributed by atoms with Crippen LogP contribution in [0.25, 0.3) is 0 Å². The standard InChI is InChI=1S/C17H30N2O2/c1-6-11-18-15(13-19(4)5)14-9-10-16(20-7-2)17(12-14)21-8-3/h9-10,12,15,18H,6-8,11,13H2,1-5H3. The Morgan fingerprint density at radius 3 is 2.29 bits per heavy atom. The zero-order chi connectivity index (χ0) is 15.7. The molecule has 1 N–H and O–H groups in total. The van der Waals surface area contributed by atoms with E-state index < -0.39 is 0 Å². The van der Waals surface area contributed by atoms with Gasteiger partial charge in [-0.25, -0.2) is 0 Å². The Morgan fingerprint density at radius 2 is 1.71 bits per heavy atom. The molecule has 1 rings (SSSR count). The molecule has 4 nitrogen and oxygen atoms in total. The highest BCUT2D eigenvalue weighted by Gasteiger charge is 2.15. The average molecular weight is 294 g/mol. The van der Waals surface area contributed by atoms with Crippen molar-refractivity contribution in [2.45, 2.75) is 33.2 Å². The molecule has 0 aliphatic carbocycles. The van der Waals surface area contributed by atoms with Gasteiger partial charge in [-0.2, -0.15) is 0 Å². The molecular weight excluding hydrogens is 264 g/mol. The van der Waals surface area contributed by atoms with Gasteiger partial charge >= 0.3 is 0 Å². The lowest BCUT2D eigenvalue weighted by atomic mass is 10.1. The topological polar surface area (TPSA) is 33.7 Å². The first-order chi connectivity index (χ1) is 10.1. The summed E-state index contributed by atoms with van der Waals surface area (Å²) in [5.41, 5.74) is 1.24. The van der Waals surface area contributed by atoms with Gasteiger partial charge in [-0.05, 0) is 58.6 Å². The van der Waals surface area contributed by atoms with E-state index in [4.69, 9.17) is 9.47 Å². The van der Waals surface area contributed by atoms with Crippen LogP contribution in [-0.4, -0.2) is 45.3 Å². The maximum Gasteiger partial charge on any atom is 0.161 e. The highest BCUT2D eigenvalue weighted by Crippen LogP contribution is 2.31. The third-order valence-electron chi connectivity index (χ3n) is 3.16. The molecule has 0 saturated heterocycles. The summed E-state index contributed by atoms with van der Waals surface area (Å²) in [6, 6.07) is 6.55. The number of ether oxygens (including phenoxy) is 2. The van der Waals surface area contributed by atoms with Gasteiger partial charge in [0.1, 0.15) is 0 Å². The van der Waals surface area contributed by atoms with E-state index in [1.807, 2.05) is 19.9 Å². The summed E-state index contributed by atoms with van der Waals surface area (Å²) < 4.78 is 11.4. The van der Waals surface area contributed by atoms with Crippen LogP contribution in [0.4, 0.5) is 0 Å². The van der Waals surface area contributed by atoms with Gasteiger partial charge in [0, 0.05) is 12.6 Å². The van der Waals surface area contributed by atoms with Gasteiger partial charge < -0.3 is 19.7 Å². The van der Waals surface area contributed by atoms with E-state index in [1.54, 1.807) is 0 Å². The van der Waals surface area contributed by atoms with Crippen LogP contribution in [0.1, 0.15) is 38.8 Å². The molecule has 0 bridgehead atoms. The minimum absolute atomic E-state index is 0.301. The van der Waals surface area contributed by atoms with Gasteiger partial charge in [0.05, 0.1) is 13.2 Å². The molecule has 0 spiro atoms. The minimum Gasteiger partial charge on any atom is -0.490 e. The van der Waals surface area contributed by atoms with E-state index in [9.17, 15) is 0 Å². The molecular formula is C17H30N2O2. The van der Waals surface area contributed by atoms with Crippen LogP contribution in [0.15, 0.2) is 18.2 Å². The number of benzene rings is 1. The number of rotatable bonds is 10. The Kier molecular flexibility index (Phi) is 8.16. The average Bonchev–Trinajstić information content (AvgIpc) is 2.45. The normalized spacial score (nSPS) is 12.5. The Balaban J connectivity index is 2.97. The summed E-state index contributed by atoms with van der Waals surface area (Å²) in [7, 11) is 4.19. The van der Waals surface area contributed by atoms with Crippen LogP contribution in [0, 0.1) is 0 Å². The monoisotopic (exact) mass is 294 g/mol. The predicted octanol–water partition coefficient (Wildman–Crippen LogP) is 3.09. The van der Waals surface area contributed by atoms with Crippen molar-refractivity contribution in [1.29, 1.82) is 0 Å². The van der Waals surface area contributed by atoms with Gasteiger partial charge in [0.15, 0.2) is 11.5 Å². The fourth-order valence-electron chi connectivity index (χ4n) is 2.26. The summed E-state index contributed by atoms with van der Waals surface area (Å²) in [6.45, 7) is 9.42. The highest BCUT2D eigenvalue weighted by molar-refractivity contribution is 5.44. The molecule has 0 aliphatic heterocycles. The zero-order valence-electron chi connectivity index (χ0n) is 14.1. The van der Waals surface area contributed by atoms with Gasteiger partial charge in [-0.1, -0.05) is 13.0 Å². The van der Waals surface area contributed by atoms with Crippen LogP contribution in [0.2, 0.25) is 0 Å². The first kappa shape index (κ1) is 17.8. The maximum atomic E-state index is 5.72. The molecule has 0 aliphatic rings. The van der Waals surface area contributed by atoms with Crippen LogP contribution in [-0.2, 0) is 0 Å². The van der Waals surface area contributed by atoms with Gasteiger partial charge in [-0.3, -0.25) is 0 Å². The number of hydrogen-bond donors (Lipinski definition) is 1. The van der Waals surface area contributed by atoms with E-state index in [0.29, 0.717) is 19.3 Å². The van der Waals surface area contributed by atoms with Crippen molar-refractivity contribution in [2.75, 3.05) is 40.4 Å². The molecule has 1 unspecified atom stereocenters. The van der Waals surface area contributed by atoms with Crippen LogP contribution >= 0.6 is 0 Å². The molecule has 21 heavy (non-hydrogen) atoms. The summed E-state index contributed by atoms with van der Waals surface area (Å²) >= 11 is 0. The van der Waals surface area contributed by atoms with Crippen molar-refractivity contribution in [2.24, 2.45) is 0 Å². The first-order valence-electron chi connectivity index (χ1n) is 7.89. The fraction of sp³-hybridized carbons (Fsp3) is 0.647. The first-order valence-corrected chi connectivity index (χ1v) is 7.89. The Hall–Kier alpha value is -1.26. The van der Waals surface area contributed by atoms with Crippen molar-refractivity contribution < 1.29 is 9.47 Å². The second kappa shape index (κ2) is 9.64. The van der Waals surface area contributed by atoms with Crippen molar-refractivity contribution in [3.63, 3.8) is 0 Å². The van der Waals surface area contributed by atoms with E-state index >= 15 is 0 Å². The Bertz CT molecular complexity index is 408. The van der Waals surface area contributed by atoms with Gasteiger partial charge in [0.25, 0.3) is 0 Å². The summed E-state index contributed by atoms with van der Waals surface area (Å²) in [5, 5.41) is 3.60. The summed E-state index contributed by atoms with van der Waals surface area (Å²) in [6.07, 6.45) is 1.12. The Labute approximate surface area is 129 Å². The summed E-state index contributed by atoms with van der Waals surface area (Å²) in [5.74, 6) is 1.65. The molecule has 1 aromatic rings. The van der Waals surface area contributed by atoms with Crippen molar-refractivity contribution in [1.82, 2.24) is 10.2 Å². The molecule has 0 fully saturated rings. The summed E-state index contributed by atoms with van der Waals surface area (Å²) in [4.78, 5) is 2.20. The van der Waals surface area contributed by atoms with Crippen molar-refractivity contribution >= 4 is 0 Å². The van der Waals surface area contributed by atoms with E-state index in [0.717, 1.165) is 31.0 Å². The highest BCUT2D eigenvalue weighted by atomic mass is 16.5. The molecule has 0 saturated carbocycles. The number of likely N-dealkylation sites (N-methyl/N-ethyl adjacent to an activating group) is 1. The number of hydrogen-bond acceptors (Lipinski definition) is 4. The zero-order valence-corrected chi connectivity index (χ0v) is 14.1. The maximum absolute atomic E-state index is 5.72. The molecule has 1 atom stereocenters. The predicted molar refractivity (Wildman–Crippen MR) is 88.4 cm³/mol. The van der Waals surface area contributed by atoms with Gasteiger partial charge in [0.2, 0.25) is 0 Å². The minimum atomic E-state index is 0.301. The van der Waals surface area contributed by atoms with E-state index in [-0.39, 0.29) is 0 Å². The molecule has 0 radical (unpaired) electrons. The second-order valence-corrected chi connectivity index (χ2v) is 5.34. The Morgan fingerprint density at radius 1 is 1.05 bits per heavy atom. The van der Waals surface area contributed by atoms with Crippen LogP contribution < -0.4 is 14.8 Å². The van der Waals surface area contributed by atoms with Crippen LogP contribution in [0.5, 0.6) is 11.5 Å². The molecule has 0 aromatic heterocycles. The molecule has 0 amide bonds. The largest absolute Gasteiger partial charge is 0.490 e. The third kappa shape index (κ3) is 5.94. The molecule has 4 heteroatoms. The molecule has 0 heterocycles. The van der Waals surface area contributed by atoms with Crippen molar-refractivity contribution in [3.8, 4) is 11.5 Å². The SMILES string of the molecule is CCCNC(CN(C)C)c1ccc(OCC)c(OCC)c1.